The van der Waals surface area contributed by atoms with Crippen LogP contribution in [0.2, 0.25) is 0 Å². The molecule has 0 saturated carbocycles. The van der Waals surface area contributed by atoms with Gasteiger partial charge in [-0.05, 0) is 29.8 Å². The van der Waals surface area contributed by atoms with Crippen LogP contribution in [0.25, 0.3) is 0 Å². The highest BCUT2D eigenvalue weighted by Crippen LogP contribution is 2.22. The molecule has 9 heteroatoms. The van der Waals surface area contributed by atoms with Crippen LogP contribution in [0.1, 0.15) is 17.4 Å². The van der Waals surface area contributed by atoms with E-state index in [1.165, 1.54) is 6.26 Å². The lowest BCUT2D eigenvalue weighted by molar-refractivity contribution is -0.123. The molecule has 0 aliphatic heterocycles. The zero-order valence-electron chi connectivity index (χ0n) is 15.6. The van der Waals surface area contributed by atoms with Crippen LogP contribution in [-0.2, 0) is 9.59 Å². The second-order valence-electron chi connectivity index (χ2n) is 6.29. The quantitative estimate of drug-likeness (QED) is 0.492. The summed E-state index contributed by atoms with van der Waals surface area (Å²) in [5.41, 5.74) is 0.361. The highest BCUT2D eigenvalue weighted by atomic mass is 19.2. The Bertz CT molecular complexity index is 1010. The molecule has 0 fully saturated rings. The number of anilines is 1. The summed E-state index contributed by atoms with van der Waals surface area (Å²) in [6.07, 6.45) is 1.52. The fraction of sp³-hybridized carbons (Fsp3) is 0.143. The summed E-state index contributed by atoms with van der Waals surface area (Å²) in [5.74, 6) is -5.25. The monoisotopic (exact) mass is 417 g/mol. The minimum atomic E-state index is -1.69. The Balaban J connectivity index is 1.52. The third-order valence-electron chi connectivity index (χ3n) is 4.18. The molecule has 2 amide bonds. The molecule has 2 aromatic carbocycles. The average Bonchev–Trinajstić information content (AvgIpc) is 3.28. The summed E-state index contributed by atoms with van der Waals surface area (Å²) in [6.45, 7) is -0.608. The Morgan fingerprint density at radius 1 is 0.867 bits per heavy atom. The highest BCUT2D eigenvalue weighted by molar-refractivity contribution is 5.94. The number of nitrogens with one attached hydrogen (secondary N) is 3. The Morgan fingerprint density at radius 2 is 1.63 bits per heavy atom. The Morgan fingerprint density at radius 3 is 2.33 bits per heavy atom. The molecule has 0 aliphatic carbocycles. The van der Waals surface area contributed by atoms with E-state index in [0.717, 1.165) is 11.6 Å². The van der Waals surface area contributed by atoms with Crippen LogP contribution in [0.15, 0.2) is 65.3 Å². The second kappa shape index (κ2) is 9.75. The Hall–Kier alpha value is -3.59. The van der Waals surface area contributed by atoms with Crippen LogP contribution < -0.4 is 16.0 Å². The smallest absolute Gasteiger partial charge is 0.243 e. The van der Waals surface area contributed by atoms with Gasteiger partial charge in [0.1, 0.15) is 5.76 Å². The summed E-state index contributed by atoms with van der Waals surface area (Å²) in [7, 11) is 0. The van der Waals surface area contributed by atoms with E-state index < -0.39 is 41.5 Å². The molecule has 0 spiro atoms. The van der Waals surface area contributed by atoms with Crippen LogP contribution >= 0.6 is 0 Å². The fourth-order valence-corrected chi connectivity index (χ4v) is 2.74. The lowest BCUT2D eigenvalue weighted by atomic mass is 10.0. The number of carbonyl (C=O) groups excluding carboxylic acids is 2. The van der Waals surface area contributed by atoms with Gasteiger partial charge in [0.05, 0.1) is 31.1 Å². The van der Waals surface area contributed by atoms with Crippen molar-refractivity contribution in [1.82, 2.24) is 10.6 Å². The standard InChI is InChI=1S/C21H18F3N3O3/c22-14-8-9-15(20(24)19(14)23)27-18(29)12-25-17(28)11-26-21(16-7-4-10-30-16)13-5-2-1-3-6-13/h1-10,21,26H,11-12H2,(H,25,28)(H,27,29)/t21-/m0/s1. The van der Waals surface area contributed by atoms with E-state index in [1.807, 2.05) is 30.3 Å². The van der Waals surface area contributed by atoms with Crippen LogP contribution in [0, 0.1) is 17.5 Å². The lowest BCUT2D eigenvalue weighted by Crippen LogP contribution is -2.39. The average molecular weight is 417 g/mol. The van der Waals surface area contributed by atoms with Crippen molar-refractivity contribution >= 4 is 17.5 Å². The summed E-state index contributed by atoms with van der Waals surface area (Å²) in [4.78, 5) is 24.0. The molecule has 0 bridgehead atoms. The van der Waals surface area contributed by atoms with Crippen molar-refractivity contribution in [2.75, 3.05) is 18.4 Å². The first-order valence-corrected chi connectivity index (χ1v) is 8.97. The molecule has 6 nitrogen and oxygen atoms in total. The first-order chi connectivity index (χ1) is 14.5. The minimum absolute atomic E-state index is 0.132. The Labute approximate surface area is 170 Å². The van der Waals surface area contributed by atoms with Crippen LogP contribution in [0.5, 0.6) is 0 Å². The predicted molar refractivity (Wildman–Crippen MR) is 103 cm³/mol. The molecule has 3 rings (SSSR count). The van der Waals surface area contributed by atoms with Crippen molar-refractivity contribution in [3.63, 3.8) is 0 Å². The van der Waals surface area contributed by atoms with Gasteiger partial charge >= 0.3 is 0 Å². The normalized spacial score (nSPS) is 11.7. The number of halogens is 3. The number of furan rings is 1. The van der Waals surface area contributed by atoms with Crippen LogP contribution in [-0.4, -0.2) is 24.9 Å². The summed E-state index contributed by atoms with van der Waals surface area (Å²) in [6, 6.07) is 14.0. The topological polar surface area (TPSA) is 83.4 Å². The van der Waals surface area contributed by atoms with Crippen molar-refractivity contribution in [2.24, 2.45) is 0 Å². The molecule has 1 heterocycles. The number of rotatable bonds is 8. The lowest BCUT2D eigenvalue weighted by Gasteiger charge is -2.17. The van der Waals surface area contributed by atoms with Crippen molar-refractivity contribution in [3.05, 3.63) is 89.6 Å². The van der Waals surface area contributed by atoms with E-state index in [2.05, 4.69) is 16.0 Å². The summed E-state index contributed by atoms with van der Waals surface area (Å²) >= 11 is 0. The van der Waals surface area contributed by atoms with Gasteiger partial charge in [0, 0.05) is 0 Å². The van der Waals surface area contributed by atoms with E-state index in [-0.39, 0.29) is 12.6 Å². The molecular formula is C21H18F3N3O3. The Kier molecular flexibility index (Phi) is 6.87. The molecule has 3 N–H and O–H groups in total. The van der Waals surface area contributed by atoms with E-state index in [9.17, 15) is 22.8 Å². The number of amides is 2. The molecule has 1 aromatic heterocycles. The number of hydrogen-bond acceptors (Lipinski definition) is 4. The molecule has 0 unspecified atom stereocenters. The van der Waals surface area contributed by atoms with Gasteiger partial charge in [0.15, 0.2) is 17.5 Å². The van der Waals surface area contributed by atoms with Gasteiger partial charge in [0.25, 0.3) is 0 Å². The van der Waals surface area contributed by atoms with Gasteiger partial charge < -0.3 is 15.1 Å². The maximum atomic E-state index is 13.6. The molecule has 0 aliphatic rings. The van der Waals surface area contributed by atoms with Gasteiger partial charge in [0.2, 0.25) is 11.8 Å². The van der Waals surface area contributed by atoms with Gasteiger partial charge in [-0.15, -0.1) is 0 Å². The molecule has 0 saturated heterocycles. The van der Waals surface area contributed by atoms with Crippen molar-refractivity contribution < 1.29 is 27.2 Å². The molecule has 30 heavy (non-hydrogen) atoms. The van der Waals surface area contributed by atoms with Gasteiger partial charge in [-0.2, -0.15) is 0 Å². The third kappa shape index (κ3) is 5.26. The maximum Gasteiger partial charge on any atom is 0.243 e. The minimum Gasteiger partial charge on any atom is -0.467 e. The zero-order valence-corrected chi connectivity index (χ0v) is 15.6. The SMILES string of the molecule is O=C(CN[C@@H](c1ccccc1)c1ccco1)NCC(=O)Nc1ccc(F)c(F)c1F. The first-order valence-electron chi connectivity index (χ1n) is 8.97. The number of carbonyl (C=O) groups is 2. The van der Waals surface area contributed by atoms with Gasteiger partial charge in [-0.25, -0.2) is 13.2 Å². The summed E-state index contributed by atoms with van der Waals surface area (Å²) in [5, 5.41) is 7.49. The molecule has 1 atom stereocenters. The van der Waals surface area contributed by atoms with E-state index in [4.69, 9.17) is 4.42 Å². The third-order valence-corrected chi connectivity index (χ3v) is 4.18. The van der Waals surface area contributed by atoms with Crippen molar-refractivity contribution in [3.8, 4) is 0 Å². The molecular weight excluding hydrogens is 399 g/mol. The van der Waals surface area contributed by atoms with Crippen molar-refractivity contribution in [1.29, 1.82) is 0 Å². The van der Waals surface area contributed by atoms with Crippen LogP contribution in [0.3, 0.4) is 0 Å². The largest absolute Gasteiger partial charge is 0.467 e. The molecule has 156 valence electrons. The van der Waals surface area contributed by atoms with Crippen molar-refractivity contribution in [2.45, 2.75) is 6.04 Å². The predicted octanol–water partition coefficient (Wildman–Crippen LogP) is 3.13. The fourth-order valence-electron chi connectivity index (χ4n) is 2.74. The van der Waals surface area contributed by atoms with Gasteiger partial charge in [-0.1, -0.05) is 30.3 Å². The summed E-state index contributed by atoms with van der Waals surface area (Å²) < 4.78 is 45.1. The van der Waals surface area contributed by atoms with Gasteiger partial charge in [-0.3, -0.25) is 14.9 Å². The first kappa shape index (κ1) is 21.1. The molecule has 3 aromatic rings. The van der Waals surface area contributed by atoms with Crippen LogP contribution in [0.4, 0.5) is 18.9 Å². The maximum absolute atomic E-state index is 13.6. The number of benzene rings is 2. The molecule has 0 radical (unpaired) electrons. The highest BCUT2D eigenvalue weighted by Gasteiger charge is 2.18. The number of hydrogen-bond donors (Lipinski definition) is 3. The van der Waals surface area contributed by atoms with E-state index in [1.54, 1.807) is 12.1 Å². The zero-order chi connectivity index (χ0) is 21.5. The second-order valence-corrected chi connectivity index (χ2v) is 6.29. The van der Waals surface area contributed by atoms with E-state index in [0.29, 0.717) is 11.8 Å². The van der Waals surface area contributed by atoms with E-state index >= 15 is 0 Å².